The van der Waals surface area contributed by atoms with Crippen LogP contribution in [0.1, 0.15) is 12.0 Å². The fourth-order valence-corrected chi connectivity index (χ4v) is 2.57. The molecule has 1 unspecified atom stereocenters. The number of morpholine rings is 1. The van der Waals surface area contributed by atoms with Gasteiger partial charge in [-0.15, -0.1) is 0 Å². The van der Waals surface area contributed by atoms with E-state index in [-0.39, 0.29) is 0 Å². The Balaban J connectivity index is 2.23. The van der Waals surface area contributed by atoms with Crippen LogP contribution in [0.4, 0.5) is 5.69 Å². The molecule has 1 aromatic rings. The predicted octanol–water partition coefficient (Wildman–Crippen LogP) is 2.20. The molecule has 0 saturated carbocycles. The van der Waals surface area contributed by atoms with Crippen molar-refractivity contribution in [3.63, 3.8) is 0 Å². The first-order valence-electron chi connectivity index (χ1n) is 6.03. The third kappa shape index (κ3) is 2.92. The van der Waals surface area contributed by atoms with Crippen LogP contribution in [-0.2, 0) is 4.74 Å². The molecule has 1 aliphatic heterocycles. The Morgan fingerprint density at radius 3 is 3.06 bits per heavy atom. The Morgan fingerprint density at radius 1 is 1.53 bits per heavy atom. The minimum Gasteiger partial charge on any atom is -0.377 e. The standard InChI is InChI=1S/C13H19ClN2O/c1-10-8-11(14)2-3-13(10)16-6-7-17-9-12(16)4-5-15/h2-3,8,12H,4-7,9,15H2,1H3. The quantitative estimate of drug-likeness (QED) is 0.899. The summed E-state index contributed by atoms with van der Waals surface area (Å²) in [5, 5.41) is 0.787. The lowest BCUT2D eigenvalue weighted by molar-refractivity contribution is 0.0922. The van der Waals surface area contributed by atoms with Gasteiger partial charge in [0.1, 0.15) is 0 Å². The SMILES string of the molecule is Cc1cc(Cl)ccc1N1CCOCC1CCN. The van der Waals surface area contributed by atoms with E-state index in [0.717, 1.165) is 31.2 Å². The van der Waals surface area contributed by atoms with Gasteiger partial charge in [-0.1, -0.05) is 11.6 Å². The average Bonchev–Trinajstić information content (AvgIpc) is 2.31. The molecule has 1 saturated heterocycles. The maximum absolute atomic E-state index is 5.99. The Bertz CT molecular complexity index is 382. The van der Waals surface area contributed by atoms with Crippen molar-refractivity contribution < 1.29 is 4.74 Å². The Hall–Kier alpha value is -0.770. The highest BCUT2D eigenvalue weighted by molar-refractivity contribution is 6.30. The summed E-state index contributed by atoms with van der Waals surface area (Å²) in [6, 6.07) is 6.42. The summed E-state index contributed by atoms with van der Waals surface area (Å²) in [6.07, 6.45) is 0.960. The molecule has 0 bridgehead atoms. The highest BCUT2D eigenvalue weighted by Gasteiger charge is 2.23. The van der Waals surface area contributed by atoms with Crippen molar-refractivity contribution in [3.8, 4) is 0 Å². The molecule has 0 aliphatic carbocycles. The number of rotatable bonds is 3. The normalized spacial score (nSPS) is 20.6. The van der Waals surface area contributed by atoms with Crippen LogP contribution in [-0.4, -0.2) is 32.3 Å². The molecule has 0 radical (unpaired) electrons. The number of anilines is 1. The molecule has 1 heterocycles. The van der Waals surface area contributed by atoms with E-state index in [1.54, 1.807) is 0 Å². The second-order valence-corrected chi connectivity index (χ2v) is 4.87. The van der Waals surface area contributed by atoms with Gasteiger partial charge in [-0.05, 0) is 43.7 Å². The summed E-state index contributed by atoms with van der Waals surface area (Å²) in [5.41, 5.74) is 8.11. The summed E-state index contributed by atoms with van der Waals surface area (Å²) in [4.78, 5) is 2.39. The van der Waals surface area contributed by atoms with E-state index in [4.69, 9.17) is 22.1 Å². The van der Waals surface area contributed by atoms with E-state index in [9.17, 15) is 0 Å². The van der Waals surface area contributed by atoms with Gasteiger partial charge in [0.2, 0.25) is 0 Å². The molecule has 0 spiro atoms. The first kappa shape index (κ1) is 12.7. The van der Waals surface area contributed by atoms with Gasteiger partial charge in [0.05, 0.1) is 19.3 Å². The number of hydrogen-bond donors (Lipinski definition) is 1. The van der Waals surface area contributed by atoms with Crippen molar-refractivity contribution in [1.82, 2.24) is 0 Å². The lowest BCUT2D eigenvalue weighted by atomic mass is 10.1. The molecule has 1 aliphatic rings. The maximum atomic E-state index is 5.99. The van der Waals surface area contributed by atoms with Gasteiger partial charge >= 0.3 is 0 Å². The third-order valence-corrected chi connectivity index (χ3v) is 3.43. The number of halogens is 1. The highest BCUT2D eigenvalue weighted by atomic mass is 35.5. The first-order chi connectivity index (χ1) is 8.22. The van der Waals surface area contributed by atoms with Crippen molar-refractivity contribution in [2.45, 2.75) is 19.4 Å². The average molecular weight is 255 g/mol. The monoisotopic (exact) mass is 254 g/mol. The van der Waals surface area contributed by atoms with Gasteiger partial charge in [-0.3, -0.25) is 0 Å². The molecular formula is C13H19ClN2O. The zero-order valence-electron chi connectivity index (χ0n) is 10.2. The van der Waals surface area contributed by atoms with Crippen molar-refractivity contribution in [2.24, 2.45) is 5.73 Å². The summed E-state index contributed by atoms with van der Waals surface area (Å²) in [6.45, 7) is 5.25. The molecule has 0 aromatic heterocycles. The number of ether oxygens (including phenoxy) is 1. The molecule has 0 amide bonds. The zero-order chi connectivity index (χ0) is 12.3. The first-order valence-corrected chi connectivity index (χ1v) is 6.41. The molecular weight excluding hydrogens is 236 g/mol. The molecule has 94 valence electrons. The fourth-order valence-electron chi connectivity index (χ4n) is 2.34. The summed E-state index contributed by atoms with van der Waals surface area (Å²) >= 11 is 5.99. The van der Waals surface area contributed by atoms with Crippen molar-refractivity contribution in [2.75, 3.05) is 31.2 Å². The molecule has 2 rings (SSSR count). The molecule has 4 heteroatoms. The zero-order valence-corrected chi connectivity index (χ0v) is 10.9. The summed E-state index contributed by atoms with van der Waals surface area (Å²) in [7, 11) is 0. The lowest BCUT2D eigenvalue weighted by Crippen LogP contribution is -2.46. The maximum Gasteiger partial charge on any atom is 0.0671 e. The summed E-state index contributed by atoms with van der Waals surface area (Å²) < 4.78 is 5.53. The molecule has 1 fully saturated rings. The Kier molecular flexibility index (Phi) is 4.26. The largest absolute Gasteiger partial charge is 0.377 e. The van der Waals surface area contributed by atoms with E-state index < -0.39 is 0 Å². The van der Waals surface area contributed by atoms with E-state index in [1.807, 2.05) is 12.1 Å². The van der Waals surface area contributed by atoms with Crippen LogP contribution in [0.3, 0.4) is 0 Å². The number of aryl methyl sites for hydroxylation is 1. The van der Waals surface area contributed by atoms with E-state index in [0.29, 0.717) is 12.6 Å². The second kappa shape index (κ2) is 5.71. The highest BCUT2D eigenvalue weighted by Crippen LogP contribution is 2.27. The molecule has 2 N–H and O–H groups in total. The molecule has 1 aromatic carbocycles. The van der Waals surface area contributed by atoms with Gasteiger partial charge in [0.25, 0.3) is 0 Å². The van der Waals surface area contributed by atoms with Crippen molar-refractivity contribution in [3.05, 3.63) is 28.8 Å². The second-order valence-electron chi connectivity index (χ2n) is 4.43. The Morgan fingerprint density at radius 2 is 2.35 bits per heavy atom. The van der Waals surface area contributed by atoms with Crippen molar-refractivity contribution in [1.29, 1.82) is 0 Å². The van der Waals surface area contributed by atoms with Gasteiger partial charge in [0, 0.05) is 17.3 Å². The molecule has 17 heavy (non-hydrogen) atoms. The van der Waals surface area contributed by atoms with Gasteiger partial charge in [-0.2, -0.15) is 0 Å². The molecule has 3 nitrogen and oxygen atoms in total. The number of benzene rings is 1. The number of hydrogen-bond acceptors (Lipinski definition) is 3. The minimum atomic E-state index is 0.383. The number of nitrogens with two attached hydrogens (primary N) is 1. The van der Waals surface area contributed by atoms with Crippen LogP contribution in [0.5, 0.6) is 0 Å². The predicted molar refractivity (Wildman–Crippen MR) is 71.8 cm³/mol. The smallest absolute Gasteiger partial charge is 0.0671 e. The fraction of sp³-hybridized carbons (Fsp3) is 0.538. The van der Waals surface area contributed by atoms with Crippen LogP contribution in [0.15, 0.2) is 18.2 Å². The van der Waals surface area contributed by atoms with Crippen LogP contribution in [0, 0.1) is 6.92 Å². The van der Waals surface area contributed by atoms with E-state index in [1.165, 1.54) is 11.3 Å². The minimum absolute atomic E-state index is 0.383. The van der Waals surface area contributed by atoms with Crippen LogP contribution >= 0.6 is 11.6 Å². The lowest BCUT2D eigenvalue weighted by Gasteiger charge is -2.38. The van der Waals surface area contributed by atoms with Crippen LogP contribution < -0.4 is 10.6 Å². The van der Waals surface area contributed by atoms with Crippen LogP contribution in [0.2, 0.25) is 5.02 Å². The topological polar surface area (TPSA) is 38.5 Å². The van der Waals surface area contributed by atoms with Crippen molar-refractivity contribution >= 4 is 17.3 Å². The van der Waals surface area contributed by atoms with E-state index >= 15 is 0 Å². The number of nitrogens with zero attached hydrogens (tertiary/aromatic N) is 1. The Labute approximate surface area is 107 Å². The molecule has 1 atom stereocenters. The summed E-state index contributed by atoms with van der Waals surface area (Å²) in [5.74, 6) is 0. The van der Waals surface area contributed by atoms with Gasteiger partial charge < -0.3 is 15.4 Å². The van der Waals surface area contributed by atoms with Crippen LogP contribution in [0.25, 0.3) is 0 Å². The third-order valence-electron chi connectivity index (χ3n) is 3.20. The van der Waals surface area contributed by atoms with Gasteiger partial charge in [-0.25, -0.2) is 0 Å². The van der Waals surface area contributed by atoms with E-state index in [2.05, 4.69) is 17.9 Å². The van der Waals surface area contributed by atoms with Gasteiger partial charge in [0.15, 0.2) is 0 Å².